The zero-order valence-corrected chi connectivity index (χ0v) is 13.9. The van der Waals surface area contributed by atoms with Crippen molar-refractivity contribution in [3.05, 3.63) is 65.7 Å². The summed E-state index contributed by atoms with van der Waals surface area (Å²) in [6.45, 7) is 3.87. The van der Waals surface area contributed by atoms with Crippen LogP contribution >= 0.6 is 0 Å². The number of amides is 2. The Bertz CT molecular complexity index is 667. The highest BCUT2D eigenvalue weighted by molar-refractivity contribution is 5.95. The quantitative estimate of drug-likeness (QED) is 0.802. The molecule has 0 aliphatic rings. The summed E-state index contributed by atoms with van der Waals surface area (Å²) in [4.78, 5) is 23.8. The molecule has 2 amide bonds. The number of aryl methyl sites for hydroxylation is 1. The van der Waals surface area contributed by atoms with Crippen molar-refractivity contribution in [3.63, 3.8) is 0 Å². The van der Waals surface area contributed by atoms with Gasteiger partial charge in [0.05, 0.1) is 6.10 Å². The van der Waals surface area contributed by atoms with Gasteiger partial charge in [-0.15, -0.1) is 0 Å². The molecule has 2 aromatic carbocycles. The van der Waals surface area contributed by atoms with E-state index in [0.29, 0.717) is 24.2 Å². The van der Waals surface area contributed by atoms with Crippen LogP contribution in [0.4, 0.5) is 0 Å². The monoisotopic (exact) mass is 326 g/mol. The summed E-state index contributed by atoms with van der Waals surface area (Å²) < 4.78 is 5.52. The number of nitrogens with one attached hydrogen (secondary N) is 2. The number of carbonyl (C=O) groups excluding carboxylic acids is 2. The van der Waals surface area contributed by atoms with Gasteiger partial charge in [-0.05, 0) is 50.1 Å². The van der Waals surface area contributed by atoms with Crippen LogP contribution in [0, 0.1) is 0 Å². The average Bonchev–Trinajstić information content (AvgIpc) is 2.59. The van der Waals surface area contributed by atoms with Gasteiger partial charge in [0.2, 0.25) is 5.91 Å². The SMILES string of the molecule is CC(C)Oc1ccc(C(=O)NNC(=O)CCc2ccccc2)cc1. The normalized spacial score (nSPS) is 10.3. The predicted molar refractivity (Wildman–Crippen MR) is 92.6 cm³/mol. The summed E-state index contributed by atoms with van der Waals surface area (Å²) in [6, 6.07) is 16.5. The van der Waals surface area contributed by atoms with Crippen molar-refractivity contribution >= 4 is 11.8 Å². The Balaban J connectivity index is 1.76. The van der Waals surface area contributed by atoms with E-state index in [9.17, 15) is 9.59 Å². The summed E-state index contributed by atoms with van der Waals surface area (Å²) >= 11 is 0. The molecule has 2 N–H and O–H groups in total. The molecule has 126 valence electrons. The highest BCUT2D eigenvalue weighted by atomic mass is 16.5. The van der Waals surface area contributed by atoms with Crippen molar-refractivity contribution in [3.8, 4) is 5.75 Å². The van der Waals surface area contributed by atoms with E-state index in [-0.39, 0.29) is 17.9 Å². The molecule has 0 atom stereocenters. The maximum absolute atomic E-state index is 12.0. The molecule has 5 heteroatoms. The Labute approximate surface area is 142 Å². The molecule has 0 radical (unpaired) electrons. The van der Waals surface area contributed by atoms with Crippen LogP contribution in [0.5, 0.6) is 5.75 Å². The van der Waals surface area contributed by atoms with Crippen molar-refractivity contribution in [2.24, 2.45) is 0 Å². The summed E-state index contributed by atoms with van der Waals surface area (Å²) in [5.74, 6) is 0.111. The van der Waals surface area contributed by atoms with Gasteiger partial charge in [0.25, 0.3) is 5.91 Å². The third-order valence-electron chi connectivity index (χ3n) is 3.29. The maximum Gasteiger partial charge on any atom is 0.269 e. The van der Waals surface area contributed by atoms with Gasteiger partial charge in [-0.2, -0.15) is 0 Å². The van der Waals surface area contributed by atoms with Crippen molar-refractivity contribution in [1.82, 2.24) is 10.9 Å². The van der Waals surface area contributed by atoms with Gasteiger partial charge in [0, 0.05) is 12.0 Å². The Morgan fingerprint density at radius 3 is 2.25 bits per heavy atom. The molecule has 0 saturated heterocycles. The lowest BCUT2D eigenvalue weighted by Crippen LogP contribution is -2.41. The fraction of sp³-hybridized carbons (Fsp3) is 0.263. The van der Waals surface area contributed by atoms with Crippen LogP contribution in [0.2, 0.25) is 0 Å². The van der Waals surface area contributed by atoms with Crippen LogP contribution in [0.1, 0.15) is 36.2 Å². The first-order chi connectivity index (χ1) is 11.5. The highest BCUT2D eigenvalue weighted by Gasteiger charge is 2.08. The molecule has 0 aliphatic carbocycles. The second kappa shape index (κ2) is 8.72. The Hall–Kier alpha value is -2.82. The van der Waals surface area contributed by atoms with Crippen molar-refractivity contribution < 1.29 is 14.3 Å². The van der Waals surface area contributed by atoms with E-state index >= 15 is 0 Å². The molecule has 0 aromatic heterocycles. The molecule has 0 heterocycles. The molecule has 0 unspecified atom stereocenters. The van der Waals surface area contributed by atoms with E-state index in [1.165, 1.54) is 0 Å². The third kappa shape index (κ3) is 5.76. The van der Waals surface area contributed by atoms with Gasteiger partial charge in [0.15, 0.2) is 0 Å². The average molecular weight is 326 g/mol. The minimum atomic E-state index is -0.362. The molecule has 0 aliphatic heterocycles. The van der Waals surface area contributed by atoms with Crippen LogP contribution in [-0.2, 0) is 11.2 Å². The van der Waals surface area contributed by atoms with E-state index in [0.717, 1.165) is 5.56 Å². The fourth-order valence-electron chi connectivity index (χ4n) is 2.12. The molecular weight excluding hydrogens is 304 g/mol. The molecule has 0 spiro atoms. The van der Waals surface area contributed by atoms with Crippen LogP contribution in [0.25, 0.3) is 0 Å². The zero-order chi connectivity index (χ0) is 17.4. The van der Waals surface area contributed by atoms with E-state index in [2.05, 4.69) is 10.9 Å². The molecule has 0 saturated carbocycles. The lowest BCUT2D eigenvalue weighted by molar-refractivity contribution is -0.121. The van der Waals surface area contributed by atoms with Crippen LogP contribution in [0.15, 0.2) is 54.6 Å². The molecule has 24 heavy (non-hydrogen) atoms. The van der Waals surface area contributed by atoms with E-state index in [4.69, 9.17) is 4.74 Å². The van der Waals surface area contributed by atoms with E-state index in [1.54, 1.807) is 24.3 Å². The van der Waals surface area contributed by atoms with Crippen LogP contribution in [-0.4, -0.2) is 17.9 Å². The molecule has 2 aromatic rings. The summed E-state index contributed by atoms with van der Waals surface area (Å²) in [6.07, 6.45) is 1.02. The third-order valence-corrected chi connectivity index (χ3v) is 3.29. The number of ether oxygens (including phenoxy) is 1. The minimum Gasteiger partial charge on any atom is -0.491 e. The van der Waals surface area contributed by atoms with Crippen LogP contribution < -0.4 is 15.6 Å². The van der Waals surface area contributed by atoms with Gasteiger partial charge < -0.3 is 4.74 Å². The van der Waals surface area contributed by atoms with Crippen LogP contribution in [0.3, 0.4) is 0 Å². The zero-order valence-electron chi connectivity index (χ0n) is 13.9. The summed E-state index contributed by atoms with van der Waals surface area (Å²) in [7, 11) is 0. The lowest BCUT2D eigenvalue weighted by atomic mass is 10.1. The topological polar surface area (TPSA) is 67.4 Å². The number of hydrazine groups is 1. The first kappa shape index (κ1) is 17.5. The molecular formula is C19H22N2O3. The second-order valence-electron chi connectivity index (χ2n) is 5.68. The summed E-state index contributed by atoms with van der Waals surface area (Å²) in [5, 5.41) is 0. The van der Waals surface area contributed by atoms with Crippen molar-refractivity contribution in [1.29, 1.82) is 0 Å². The summed E-state index contributed by atoms with van der Waals surface area (Å²) in [5.41, 5.74) is 6.38. The lowest BCUT2D eigenvalue weighted by Gasteiger charge is -2.10. The Morgan fingerprint density at radius 1 is 0.958 bits per heavy atom. The smallest absolute Gasteiger partial charge is 0.269 e. The number of carbonyl (C=O) groups is 2. The first-order valence-corrected chi connectivity index (χ1v) is 7.94. The van der Waals surface area contributed by atoms with Crippen molar-refractivity contribution in [2.45, 2.75) is 32.8 Å². The second-order valence-corrected chi connectivity index (χ2v) is 5.68. The first-order valence-electron chi connectivity index (χ1n) is 7.94. The maximum atomic E-state index is 12.0. The van der Waals surface area contributed by atoms with E-state index in [1.807, 2.05) is 44.2 Å². The van der Waals surface area contributed by atoms with E-state index < -0.39 is 0 Å². The predicted octanol–water partition coefficient (Wildman–Crippen LogP) is 2.87. The van der Waals surface area contributed by atoms with Gasteiger partial charge in [0.1, 0.15) is 5.75 Å². The largest absolute Gasteiger partial charge is 0.491 e. The van der Waals surface area contributed by atoms with Crippen molar-refractivity contribution in [2.75, 3.05) is 0 Å². The standard InChI is InChI=1S/C19H22N2O3/c1-14(2)24-17-11-9-16(10-12-17)19(23)21-20-18(22)13-8-15-6-4-3-5-7-15/h3-7,9-12,14H,8,13H2,1-2H3,(H,20,22)(H,21,23). The van der Waals surface area contributed by atoms with Gasteiger partial charge >= 0.3 is 0 Å². The molecule has 5 nitrogen and oxygen atoms in total. The fourth-order valence-corrected chi connectivity index (χ4v) is 2.12. The van der Waals surface area contributed by atoms with Gasteiger partial charge in [-0.3, -0.25) is 20.4 Å². The molecule has 0 bridgehead atoms. The number of rotatable bonds is 6. The number of hydrogen-bond donors (Lipinski definition) is 2. The van der Waals surface area contributed by atoms with Gasteiger partial charge in [-0.1, -0.05) is 30.3 Å². The highest BCUT2D eigenvalue weighted by Crippen LogP contribution is 2.13. The Morgan fingerprint density at radius 2 is 1.62 bits per heavy atom. The molecule has 2 rings (SSSR count). The van der Waals surface area contributed by atoms with Gasteiger partial charge in [-0.25, -0.2) is 0 Å². The number of benzene rings is 2. The molecule has 0 fully saturated rings. The minimum absolute atomic E-state index is 0.0774. The number of hydrogen-bond acceptors (Lipinski definition) is 3. The Kier molecular flexibility index (Phi) is 6.37.